The predicted molar refractivity (Wildman–Crippen MR) is 168 cm³/mol. The van der Waals surface area contributed by atoms with Crippen LogP contribution in [0.2, 0.25) is 0 Å². The minimum atomic E-state index is -1.23. The summed E-state index contributed by atoms with van der Waals surface area (Å²) in [6, 6.07) is 29.9. The van der Waals surface area contributed by atoms with E-state index in [2.05, 4.69) is 39.9 Å². The van der Waals surface area contributed by atoms with Crippen LogP contribution in [0, 0.1) is 0 Å². The number of carbonyl (C=O) groups excluding carboxylic acids is 1. The van der Waals surface area contributed by atoms with Gasteiger partial charge in [0.1, 0.15) is 18.3 Å². The zero-order valence-corrected chi connectivity index (χ0v) is 24.9. The minimum Gasteiger partial charge on any atom is -0.387 e. The number of ether oxygens (including phenoxy) is 2. The van der Waals surface area contributed by atoms with E-state index in [0.717, 1.165) is 16.7 Å². The summed E-state index contributed by atoms with van der Waals surface area (Å²) in [5, 5.41) is 27.9. The van der Waals surface area contributed by atoms with Gasteiger partial charge in [-0.15, -0.1) is 0 Å². The van der Waals surface area contributed by atoms with Gasteiger partial charge < -0.3 is 30.3 Å². The third kappa shape index (κ3) is 6.86. The molecule has 1 saturated heterocycles. The van der Waals surface area contributed by atoms with Gasteiger partial charge >= 0.3 is 0 Å². The average molecular weight is 609 g/mol. The van der Waals surface area contributed by atoms with E-state index in [4.69, 9.17) is 19.4 Å². The van der Waals surface area contributed by atoms with Gasteiger partial charge in [-0.3, -0.25) is 9.36 Å². The van der Waals surface area contributed by atoms with Crippen molar-refractivity contribution >= 4 is 22.9 Å². The highest BCUT2D eigenvalue weighted by Crippen LogP contribution is 2.33. The van der Waals surface area contributed by atoms with Gasteiger partial charge in [-0.1, -0.05) is 91.0 Å². The summed E-state index contributed by atoms with van der Waals surface area (Å²) in [5.41, 5.74) is 4.04. The van der Waals surface area contributed by atoms with Crippen molar-refractivity contribution in [3.8, 4) is 0 Å². The second-order valence-electron chi connectivity index (χ2n) is 11.0. The fourth-order valence-corrected chi connectivity index (χ4v) is 5.63. The molecule has 4 N–H and O–H groups in total. The number of fused-ring (bicyclic) bond motifs is 1. The second-order valence-corrected chi connectivity index (χ2v) is 11.0. The Balaban J connectivity index is 1.31. The molecule has 0 unspecified atom stereocenters. The van der Waals surface area contributed by atoms with Crippen LogP contribution in [0.25, 0.3) is 11.2 Å². The van der Waals surface area contributed by atoms with Crippen LogP contribution in [-0.2, 0) is 27.2 Å². The molecule has 3 heterocycles. The van der Waals surface area contributed by atoms with Crippen LogP contribution in [0.3, 0.4) is 0 Å². The van der Waals surface area contributed by atoms with Gasteiger partial charge in [0.25, 0.3) is 0 Å². The van der Waals surface area contributed by atoms with E-state index < -0.39 is 24.5 Å². The third-order valence-electron chi connectivity index (χ3n) is 7.94. The van der Waals surface area contributed by atoms with Gasteiger partial charge in [0.05, 0.1) is 25.9 Å². The number of benzene rings is 3. The molecule has 0 radical (unpaired) electrons. The Morgan fingerprint density at radius 3 is 2.22 bits per heavy atom. The number of amides is 1. The molecule has 4 atom stereocenters. The van der Waals surface area contributed by atoms with Gasteiger partial charge in [-0.05, 0) is 16.7 Å². The lowest BCUT2D eigenvalue weighted by molar-refractivity contribution is -0.120. The van der Waals surface area contributed by atoms with Crippen LogP contribution in [-0.4, -0.2) is 74.2 Å². The van der Waals surface area contributed by atoms with E-state index in [1.54, 1.807) is 4.57 Å². The number of imidazole rings is 1. The standard InChI is InChI=1S/C34H36N6O5/c1-44-20-26-30(42)31(43)34(45-26)40-21-37-29-32(36-18-25(23-13-7-3-8-14-23)24-15-9-4-10-16-24)38-27(39-33(29)40)19-35-28(41)17-22-11-5-2-6-12-22/h2-16,21,25-26,30-31,34,42-43H,17-20H2,1H3,(H,35,41)(H,36,38,39)/t26-,30-,31+,34-/m1/s1. The Labute approximate surface area is 260 Å². The monoisotopic (exact) mass is 608 g/mol. The van der Waals surface area contributed by atoms with Crippen LogP contribution in [0.1, 0.15) is 34.7 Å². The Kier molecular flexibility index (Phi) is 9.41. The summed E-state index contributed by atoms with van der Waals surface area (Å²) < 4.78 is 12.7. The fraction of sp³-hybridized carbons (Fsp3) is 0.294. The van der Waals surface area contributed by atoms with Crippen molar-refractivity contribution in [1.29, 1.82) is 0 Å². The molecule has 3 aromatic carbocycles. The largest absolute Gasteiger partial charge is 0.387 e. The zero-order chi connectivity index (χ0) is 31.2. The number of aliphatic hydroxyl groups excluding tert-OH is 2. The molecule has 11 nitrogen and oxygen atoms in total. The van der Waals surface area contributed by atoms with Crippen molar-refractivity contribution in [2.45, 2.75) is 43.4 Å². The summed E-state index contributed by atoms with van der Waals surface area (Å²) in [5.74, 6) is 0.676. The number of anilines is 1. The number of aromatic nitrogens is 4. The molecule has 1 aliphatic heterocycles. The van der Waals surface area contributed by atoms with Crippen molar-refractivity contribution in [3.05, 3.63) is 120 Å². The predicted octanol–water partition coefficient (Wildman–Crippen LogP) is 3.19. The minimum absolute atomic E-state index is 0.0125. The molecule has 0 spiro atoms. The van der Waals surface area contributed by atoms with Gasteiger partial charge in [0.2, 0.25) is 5.91 Å². The van der Waals surface area contributed by atoms with Crippen molar-refractivity contribution in [1.82, 2.24) is 24.8 Å². The van der Waals surface area contributed by atoms with Crippen LogP contribution in [0.5, 0.6) is 0 Å². The van der Waals surface area contributed by atoms with Crippen molar-refractivity contribution in [2.24, 2.45) is 0 Å². The lowest BCUT2D eigenvalue weighted by Gasteiger charge is -2.20. The topological polar surface area (TPSA) is 144 Å². The van der Waals surface area contributed by atoms with Gasteiger partial charge in [-0.2, -0.15) is 0 Å². The Morgan fingerprint density at radius 1 is 0.933 bits per heavy atom. The number of methoxy groups -OCH3 is 1. The van der Waals surface area contributed by atoms with E-state index >= 15 is 0 Å². The molecule has 5 aromatic rings. The molecule has 1 fully saturated rings. The van der Waals surface area contributed by atoms with Gasteiger partial charge in [-0.25, -0.2) is 15.0 Å². The van der Waals surface area contributed by atoms with Crippen LogP contribution in [0.15, 0.2) is 97.3 Å². The number of hydrogen-bond acceptors (Lipinski definition) is 9. The Hall–Kier alpha value is -4.68. The molecule has 11 heteroatoms. The maximum absolute atomic E-state index is 12.8. The van der Waals surface area contributed by atoms with Gasteiger partial charge in [0, 0.05) is 19.6 Å². The lowest BCUT2D eigenvalue weighted by atomic mass is 9.91. The molecule has 2 aromatic heterocycles. The van der Waals surface area contributed by atoms with Crippen molar-refractivity contribution in [2.75, 3.05) is 25.6 Å². The summed E-state index contributed by atoms with van der Waals surface area (Å²) in [4.78, 5) is 26.9. The molecule has 1 aliphatic rings. The Bertz CT molecular complexity index is 1660. The summed E-state index contributed by atoms with van der Waals surface area (Å²) in [7, 11) is 1.50. The highest BCUT2D eigenvalue weighted by molar-refractivity contribution is 5.83. The maximum atomic E-state index is 12.8. The molecule has 1 amide bonds. The molecule has 45 heavy (non-hydrogen) atoms. The smallest absolute Gasteiger partial charge is 0.224 e. The molecule has 0 saturated carbocycles. The normalized spacial score (nSPS) is 19.6. The highest BCUT2D eigenvalue weighted by Gasteiger charge is 2.44. The second kappa shape index (κ2) is 14.0. The first-order valence-electron chi connectivity index (χ1n) is 14.9. The first kappa shape index (κ1) is 30.4. The number of aliphatic hydroxyl groups is 2. The molecule has 232 valence electrons. The fourth-order valence-electron chi connectivity index (χ4n) is 5.63. The number of hydrogen-bond donors (Lipinski definition) is 4. The van der Waals surface area contributed by atoms with Crippen LogP contribution >= 0.6 is 0 Å². The van der Waals surface area contributed by atoms with E-state index in [1.165, 1.54) is 13.4 Å². The number of carbonyl (C=O) groups is 1. The molecule has 0 aliphatic carbocycles. The third-order valence-corrected chi connectivity index (χ3v) is 7.94. The summed E-state index contributed by atoms with van der Waals surface area (Å²) in [6.07, 6.45) is -2.31. The van der Waals surface area contributed by atoms with Crippen LogP contribution < -0.4 is 10.6 Å². The molecule has 6 rings (SSSR count). The van der Waals surface area contributed by atoms with Crippen molar-refractivity contribution < 1.29 is 24.5 Å². The number of nitrogens with zero attached hydrogens (tertiary/aromatic N) is 4. The maximum Gasteiger partial charge on any atom is 0.224 e. The number of rotatable bonds is 12. The SMILES string of the molecule is COC[C@H]1O[C@@H](n2cnc3c(NCC(c4ccccc4)c4ccccc4)nc(CNC(=O)Cc4ccccc4)nc32)[C@@H](O)[C@@H]1O. The first-order valence-corrected chi connectivity index (χ1v) is 14.9. The van der Waals surface area contributed by atoms with E-state index in [9.17, 15) is 15.0 Å². The van der Waals surface area contributed by atoms with E-state index in [1.807, 2.05) is 66.7 Å². The summed E-state index contributed by atoms with van der Waals surface area (Å²) in [6.45, 7) is 0.692. The van der Waals surface area contributed by atoms with Crippen molar-refractivity contribution in [3.63, 3.8) is 0 Å². The van der Waals surface area contributed by atoms with Crippen LogP contribution in [0.4, 0.5) is 5.82 Å². The van der Waals surface area contributed by atoms with E-state index in [0.29, 0.717) is 29.4 Å². The Morgan fingerprint density at radius 2 is 1.58 bits per heavy atom. The molecular formula is C34H36N6O5. The summed E-state index contributed by atoms with van der Waals surface area (Å²) >= 11 is 0. The molecule has 0 bridgehead atoms. The zero-order valence-electron chi connectivity index (χ0n) is 24.9. The highest BCUT2D eigenvalue weighted by atomic mass is 16.6. The van der Waals surface area contributed by atoms with Gasteiger partial charge in [0.15, 0.2) is 29.0 Å². The first-order chi connectivity index (χ1) is 22.0. The lowest BCUT2D eigenvalue weighted by Crippen LogP contribution is -2.33. The average Bonchev–Trinajstić information content (AvgIpc) is 3.62. The molecular weight excluding hydrogens is 572 g/mol. The number of nitrogens with one attached hydrogen (secondary N) is 2. The quantitative estimate of drug-likeness (QED) is 0.168. The van der Waals surface area contributed by atoms with E-state index in [-0.39, 0.29) is 31.4 Å².